The van der Waals surface area contributed by atoms with Gasteiger partial charge in [0.15, 0.2) is 28.2 Å². The molecule has 2 aromatic rings. The predicted octanol–water partition coefficient (Wildman–Crippen LogP) is 3.81. The van der Waals surface area contributed by atoms with Gasteiger partial charge < -0.3 is 9.47 Å². The molecule has 1 N–H and O–H groups in total. The number of ether oxygens (including phenoxy) is 2. The van der Waals surface area contributed by atoms with E-state index < -0.39 is 0 Å². The van der Waals surface area contributed by atoms with Crippen LogP contribution in [0.2, 0.25) is 0 Å². The maximum Gasteiger partial charge on any atom is 0.195 e. The van der Waals surface area contributed by atoms with Gasteiger partial charge in [-0.1, -0.05) is 19.1 Å². The Morgan fingerprint density at radius 3 is 2.95 bits per heavy atom. The maximum atomic E-state index is 6.12. The largest absolute Gasteiger partial charge is 0.490 e. The number of hydrogen-bond acceptors (Lipinski definition) is 4. The fourth-order valence-corrected chi connectivity index (χ4v) is 2.81. The van der Waals surface area contributed by atoms with Crippen molar-refractivity contribution in [1.82, 2.24) is 14.8 Å². The molecule has 1 aromatic heterocycles. The molecule has 112 valence electrons. The number of para-hydroxylation sites is 2. The minimum atomic E-state index is -0.157. The first-order valence-corrected chi connectivity index (χ1v) is 7.66. The van der Waals surface area contributed by atoms with E-state index in [2.05, 4.69) is 24.0 Å². The SMILES string of the molecule is CCC(C)n1c(C2CCOc3ccccc3O2)n[nH]c1=S. The lowest BCUT2D eigenvalue weighted by Crippen LogP contribution is -2.17. The van der Waals surface area contributed by atoms with Crippen LogP contribution < -0.4 is 9.47 Å². The second kappa shape index (κ2) is 5.89. The summed E-state index contributed by atoms with van der Waals surface area (Å²) in [5.41, 5.74) is 0. The first-order chi connectivity index (χ1) is 10.2. The van der Waals surface area contributed by atoms with Crippen LogP contribution in [0.5, 0.6) is 11.5 Å². The quantitative estimate of drug-likeness (QED) is 0.876. The normalized spacial score (nSPS) is 19.0. The molecule has 6 heteroatoms. The average molecular weight is 305 g/mol. The van der Waals surface area contributed by atoms with E-state index in [9.17, 15) is 0 Å². The van der Waals surface area contributed by atoms with Crippen molar-refractivity contribution < 1.29 is 9.47 Å². The molecule has 2 atom stereocenters. The summed E-state index contributed by atoms with van der Waals surface area (Å²) in [6, 6.07) is 8.01. The zero-order chi connectivity index (χ0) is 14.8. The van der Waals surface area contributed by atoms with Crippen LogP contribution >= 0.6 is 12.2 Å². The van der Waals surface area contributed by atoms with Crippen LogP contribution in [-0.2, 0) is 0 Å². The molecule has 0 fully saturated rings. The van der Waals surface area contributed by atoms with Gasteiger partial charge >= 0.3 is 0 Å². The number of aromatic amines is 1. The van der Waals surface area contributed by atoms with Gasteiger partial charge in [0, 0.05) is 12.5 Å². The van der Waals surface area contributed by atoms with Crippen LogP contribution in [0, 0.1) is 4.77 Å². The molecule has 0 spiro atoms. The van der Waals surface area contributed by atoms with E-state index in [1.54, 1.807) is 0 Å². The molecule has 1 aliphatic rings. The van der Waals surface area contributed by atoms with E-state index in [0.29, 0.717) is 11.4 Å². The van der Waals surface area contributed by atoms with Gasteiger partial charge in [-0.15, -0.1) is 0 Å². The molecule has 5 nitrogen and oxygen atoms in total. The molecule has 1 aliphatic heterocycles. The Hall–Kier alpha value is -1.82. The number of nitrogens with zero attached hydrogens (tertiary/aromatic N) is 2. The highest BCUT2D eigenvalue weighted by Gasteiger charge is 2.26. The third-order valence-corrected chi connectivity index (χ3v) is 4.10. The second-order valence-corrected chi connectivity index (χ2v) is 5.59. The number of hydrogen-bond donors (Lipinski definition) is 1. The Morgan fingerprint density at radius 1 is 1.43 bits per heavy atom. The summed E-state index contributed by atoms with van der Waals surface area (Å²) in [7, 11) is 0. The smallest absolute Gasteiger partial charge is 0.195 e. The number of fused-ring (bicyclic) bond motifs is 1. The van der Waals surface area contributed by atoms with Crippen LogP contribution in [0.15, 0.2) is 24.3 Å². The number of nitrogens with one attached hydrogen (secondary N) is 1. The molecular weight excluding hydrogens is 286 g/mol. The highest BCUT2D eigenvalue weighted by atomic mass is 32.1. The summed E-state index contributed by atoms with van der Waals surface area (Å²) in [6.45, 7) is 4.87. The Labute approximate surface area is 128 Å². The fraction of sp³-hybridized carbons (Fsp3) is 0.467. The van der Waals surface area contributed by atoms with Crippen LogP contribution in [0.1, 0.15) is 44.7 Å². The molecule has 0 amide bonds. The van der Waals surface area contributed by atoms with E-state index in [0.717, 1.165) is 30.2 Å². The molecule has 0 radical (unpaired) electrons. The van der Waals surface area contributed by atoms with Crippen molar-refractivity contribution in [3.8, 4) is 11.5 Å². The maximum absolute atomic E-state index is 6.12. The molecule has 2 unspecified atom stereocenters. The number of aromatic nitrogens is 3. The van der Waals surface area contributed by atoms with Crippen molar-refractivity contribution in [2.75, 3.05) is 6.61 Å². The molecule has 3 rings (SSSR count). The summed E-state index contributed by atoms with van der Waals surface area (Å²) in [5, 5.41) is 7.28. The van der Waals surface area contributed by atoms with E-state index in [1.807, 2.05) is 28.8 Å². The minimum Gasteiger partial charge on any atom is -0.490 e. The van der Waals surface area contributed by atoms with Crippen molar-refractivity contribution in [2.45, 2.75) is 38.8 Å². The molecule has 2 heterocycles. The zero-order valence-electron chi connectivity index (χ0n) is 12.2. The van der Waals surface area contributed by atoms with E-state index in [-0.39, 0.29) is 12.1 Å². The Bertz CT molecular complexity index is 680. The lowest BCUT2D eigenvalue weighted by atomic mass is 10.2. The highest BCUT2D eigenvalue weighted by Crippen LogP contribution is 2.35. The zero-order valence-corrected chi connectivity index (χ0v) is 13.0. The van der Waals surface area contributed by atoms with Crippen LogP contribution in [0.25, 0.3) is 0 Å². The standard InChI is InChI=1S/C15H19N3O2S/c1-3-10(2)18-14(16-17-15(18)21)13-8-9-19-11-6-4-5-7-12(11)20-13/h4-7,10,13H,3,8-9H2,1-2H3,(H,17,21). The van der Waals surface area contributed by atoms with E-state index in [4.69, 9.17) is 21.7 Å². The van der Waals surface area contributed by atoms with Gasteiger partial charge in [-0.25, -0.2) is 0 Å². The Balaban J connectivity index is 1.97. The van der Waals surface area contributed by atoms with Crippen molar-refractivity contribution in [1.29, 1.82) is 0 Å². The van der Waals surface area contributed by atoms with Crippen molar-refractivity contribution in [2.24, 2.45) is 0 Å². The van der Waals surface area contributed by atoms with Gasteiger partial charge in [-0.3, -0.25) is 9.67 Å². The van der Waals surface area contributed by atoms with Gasteiger partial charge in [-0.05, 0) is 37.7 Å². The average Bonchev–Trinajstić information content (AvgIpc) is 2.76. The van der Waals surface area contributed by atoms with Gasteiger partial charge in [0.05, 0.1) is 6.61 Å². The summed E-state index contributed by atoms with van der Waals surface area (Å²) >= 11 is 5.35. The first-order valence-electron chi connectivity index (χ1n) is 7.26. The summed E-state index contributed by atoms with van der Waals surface area (Å²) < 4.78 is 14.5. The third kappa shape index (κ3) is 2.68. The third-order valence-electron chi connectivity index (χ3n) is 3.81. The first kappa shape index (κ1) is 14.1. The number of H-pyrrole nitrogens is 1. The lowest BCUT2D eigenvalue weighted by molar-refractivity contribution is 0.177. The minimum absolute atomic E-state index is 0.157. The van der Waals surface area contributed by atoms with Crippen LogP contribution in [0.3, 0.4) is 0 Å². The Morgan fingerprint density at radius 2 is 2.19 bits per heavy atom. The highest BCUT2D eigenvalue weighted by molar-refractivity contribution is 7.71. The molecule has 21 heavy (non-hydrogen) atoms. The van der Waals surface area contributed by atoms with Gasteiger partial charge in [0.25, 0.3) is 0 Å². The topological polar surface area (TPSA) is 52.1 Å². The van der Waals surface area contributed by atoms with Crippen LogP contribution in [0.4, 0.5) is 0 Å². The molecule has 0 bridgehead atoms. The van der Waals surface area contributed by atoms with Crippen molar-refractivity contribution in [3.05, 3.63) is 34.9 Å². The van der Waals surface area contributed by atoms with E-state index >= 15 is 0 Å². The second-order valence-electron chi connectivity index (χ2n) is 5.20. The predicted molar refractivity (Wildman–Crippen MR) is 82.3 cm³/mol. The Kier molecular flexibility index (Phi) is 3.96. The number of benzene rings is 1. The molecule has 1 aromatic carbocycles. The van der Waals surface area contributed by atoms with Crippen molar-refractivity contribution >= 4 is 12.2 Å². The molecule has 0 saturated heterocycles. The van der Waals surface area contributed by atoms with Gasteiger partial charge in [-0.2, -0.15) is 5.10 Å². The summed E-state index contributed by atoms with van der Waals surface area (Å²) in [6.07, 6.45) is 1.57. The summed E-state index contributed by atoms with van der Waals surface area (Å²) in [4.78, 5) is 0. The van der Waals surface area contributed by atoms with Crippen LogP contribution in [-0.4, -0.2) is 21.4 Å². The molecule has 0 aliphatic carbocycles. The fourth-order valence-electron chi connectivity index (χ4n) is 2.49. The molecule has 0 saturated carbocycles. The van der Waals surface area contributed by atoms with Gasteiger partial charge in [0.1, 0.15) is 0 Å². The molecular formula is C15H19N3O2S. The monoisotopic (exact) mass is 305 g/mol. The van der Waals surface area contributed by atoms with E-state index in [1.165, 1.54) is 0 Å². The van der Waals surface area contributed by atoms with Gasteiger partial charge in [0.2, 0.25) is 0 Å². The van der Waals surface area contributed by atoms with Crippen molar-refractivity contribution in [3.63, 3.8) is 0 Å². The summed E-state index contributed by atoms with van der Waals surface area (Å²) in [5.74, 6) is 2.38. The lowest BCUT2D eigenvalue weighted by Gasteiger charge is -2.19. The number of rotatable bonds is 3.